The Bertz CT molecular complexity index is 596. The topological polar surface area (TPSA) is 24.9 Å². The molecule has 0 bridgehead atoms. The average molecular weight is 281 g/mol. The number of fused-ring (bicyclic) bond motifs is 1. The lowest BCUT2D eigenvalue weighted by atomic mass is 10.0. The summed E-state index contributed by atoms with van der Waals surface area (Å²) in [5.74, 6) is 0.200. The summed E-state index contributed by atoms with van der Waals surface area (Å²) in [6.45, 7) is 6.97. The van der Waals surface area contributed by atoms with Gasteiger partial charge in [-0.3, -0.25) is 4.98 Å². The van der Waals surface area contributed by atoms with Crippen LogP contribution in [-0.2, 0) is 6.42 Å². The summed E-state index contributed by atoms with van der Waals surface area (Å²) in [5.41, 5.74) is 2.24. The molecule has 0 spiro atoms. The molecule has 2 aromatic rings. The highest BCUT2D eigenvalue weighted by molar-refractivity contribution is 6.35. The van der Waals surface area contributed by atoms with Crippen molar-refractivity contribution in [1.82, 2.24) is 4.98 Å². The Morgan fingerprint density at radius 3 is 2.74 bits per heavy atom. The number of rotatable bonds is 4. The summed E-state index contributed by atoms with van der Waals surface area (Å²) in [4.78, 5) is 4.51. The molecule has 0 unspecified atom stereocenters. The molecule has 1 aromatic heterocycles. The fourth-order valence-corrected chi connectivity index (χ4v) is 2.37. The third-order valence-electron chi connectivity index (χ3n) is 2.90. The van der Waals surface area contributed by atoms with Crippen molar-refractivity contribution in [3.8, 4) is 0 Å². The molecule has 102 valence electrons. The van der Waals surface area contributed by atoms with Crippen molar-refractivity contribution in [3.05, 3.63) is 34.7 Å². The van der Waals surface area contributed by atoms with E-state index in [-0.39, 0.29) is 5.82 Å². The number of nitrogens with zero attached hydrogens (tertiary/aromatic N) is 1. The van der Waals surface area contributed by atoms with Gasteiger partial charge in [0.2, 0.25) is 0 Å². The summed E-state index contributed by atoms with van der Waals surface area (Å²) in [6, 6.07) is 4.86. The lowest BCUT2D eigenvalue weighted by Gasteiger charge is -2.13. The highest BCUT2D eigenvalue weighted by atomic mass is 35.5. The molecule has 0 aliphatic rings. The van der Waals surface area contributed by atoms with Crippen LogP contribution in [0, 0.1) is 11.7 Å². The average Bonchev–Trinajstić information content (AvgIpc) is 2.33. The molecule has 19 heavy (non-hydrogen) atoms. The molecule has 0 saturated carbocycles. The van der Waals surface area contributed by atoms with Gasteiger partial charge in [0.05, 0.1) is 15.9 Å². The SMILES string of the molecule is CCNc1cc(CC(C)C)nc2c(Cl)ccc(F)c12. The van der Waals surface area contributed by atoms with Gasteiger partial charge < -0.3 is 5.32 Å². The normalized spacial score (nSPS) is 11.3. The Kier molecular flexibility index (Phi) is 4.25. The van der Waals surface area contributed by atoms with Gasteiger partial charge in [-0.2, -0.15) is 0 Å². The van der Waals surface area contributed by atoms with Gasteiger partial charge >= 0.3 is 0 Å². The molecular weight excluding hydrogens is 263 g/mol. The highest BCUT2D eigenvalue weighted by Crippen LogP contribution is 2.31. The lowest BCUT2D eigenvalue weighted by molar-refractivity contribution is 0.633. The second-order valence-corrected chi connectivity index (χ2v) is 5.45. The molecule has 0 aliphatic carbocycles. The number of pyridine rings is 1. The van der Waals surface area contributed by atoms with E-state index in [2.05, 4.69) is 24.1 Å². The number of hydrogen-bond acceptors (Lipinski definition) is 2. The summed E-state index contributed by atoms with van der Waals surface area (Å²) in [5, 5.41) is 4.15. The van der Waals surface area contributed by atoms with Crippen LogP contribution in [0.5, 0.6) is 0 Å². The number of nitrogens with one attached hydrogen (secondary N) is 1. The van der Waals surface area contributed by atoms with Gasteiger partial charge in [-0.1, -0.05) is 25.4 Å². The minimum absolute atomic E-state index is 0.293. The van der Waals surface area contributed by atoms with E-state index in [0.717, 1.165) is 24.3 Å². The molecule has 1 aromatic carbocycles. The zero-order valence-electron chi connectivity index (χ0n) is 11.4. The van der Waals surface area contributed by atoms with Crippen LogP contribution in [-0.4, -0.2) is 11.5 Å². The number of aromatic nitrogens is 1. The molecule has 0 aliphatic heterocycles. The Hall–Kier alpha value is -1.35. The van der Waals surface area contributed by atoms with Crippen LogP contribution in [0.1, 0.15) is 26.5 Å². The van der Waals surface area contributed by atoms with E-state index in [4.69, 9.17) is 11.6 Å². The third-order valence-corrected chi connectivity index (χ3v) is 3.20. The van der Waals surface area contributed by atoms with Crippen molar-refractivity contribution in [2.75, 3.05) is 11.9 Å². The Labute approximate surface area is 118 Å². The fourth-order valence-electron chi connectivity index (χ4n) is 2.17. The first kappa shape index (κ1) is 14.1. The largest absolute Gasteiger partial charge is 0.385 e. The van der Waals surface area contributed by atoms with E-state index < -0.39 is 0 Å². The fraction of sp³-hybridized carbons (Fsp3) is 0.400. The van der Waals surface area contributed by atoms with E-state index >= 15 is 0 Å². The summed E-state index contributed by atoms with van der Waals surface area (Å²) in [7, 11) is 0. The van der Waals surface area contributed by atoms with Gasteiger partial charge in [0, 0.05) is 17.9 Å². The van der Waals surface area contributed by atoms with Gasteiger partial charge in [-0.05, 0) is 37.5 Å². The lowest BCUT2D eigenvalue weighted by Crippen LogP contribution is -2.04. The first-order valence-corrected chi connectivity index (χ1v) is 6.92. The van der Waals surface area contributed by atoms with Crippen LogP contribution in [0.2, 0.25) is 5.02 Å². The minimum Gasteiger partial charge on any atom is -0.385 e. The van der Waals surface area contributed by atoms with Crippen molar-refractivity contribution < 1.29 is 4.39 Å². The standard InChI is InChI=1S/C15H18ClFN2/c1-4-18-13-8-10(7-9(2)3)19-15-11(16)5-6-12(17)14(13)15/h5-6,8-9H,4,7H2,1-3H3,(H,18,19). The van der Waals surface area contributed by atoms with Crippen LogP contribution in [0.4, 0.5) is 10.1 Å². The number of hydrogen-bond donors (Lipinski definition) is 1. The van der Waals surface area contributed by atoms with Gasteiger partial charge in [0.25, 0.3) is 0 Å². The van der Waals surface area contributed by atoms with E-state index in [1.54, 1.807) is 6.07 Å². The van der Waals surface area contributed by atoms with Crippen LogP contribution >= 0.6 is 11.6 Å². The molecule has 1 N–H and O–H groups in total. The van der Waals surface area contributed by atoms with Crippen molar-refractivity contribution >= 4 is 28.2 Å². The second kappa shape index (κ2) is 5.74. The maximum Gasteiger partial charge on any atom is 0.134 e. The third kappa shape index (κ3) is 2.98. The number of benzene rings is 1. The Morgan fingerprint density at radius 1 is 1.37 bits per heavy atom. The van der Waals surface area contributed by atoms with Crippen LogP contribution in [0.3, 0.4) is 0 Å². The van der Waals surface area contributed by atoms with Gasteiger partial charge in [-0.25, -0.2) is 4.39 Å². The molecule has 0 radical (unpaired) electrons. The van der Waals surface area contributed by atoms with E-state index in [1.807, 2.05) is 13.0 Å². The van der Waals surface area contributed by atoms with Crippen LogP contribution in [0.25, 0.3) is 10.9 Å². The monoisotopic (exact) mass is 280 g/mol. The predicted molar refractivity (Wildman–Crippen MR) is 79.4 cm³/mol. The molecule has 4 heteroatoms. The van der Waals surface area contributed by atoms with E-state index in [9.17, 15) is 4.39 Å². The van der Waals surface area contributed by atoms with Gasteiger partial charge in [0.1, 0.15) is 5.82 Å². The van der Waals surface area contributed by atoms with Crippen molar-refractivity contribution in [2.45, 2.75) is 27.2 Å². The first-order valence-electron chi connectivity index (χ1n) is 6.54. The van der Waals surface area contributed by atoms with Gasteiger partial charge in [0.15, 0.2) is 0 Å². The summed E-state index contributed by atoms with van der Waals surface area (Å²) in [6.07, 6.45) is 0.848. The molecule has 1 heterocycles. The van der Waals surface area contributed by atoms with Crippen LogP contribution < -0.4 is 5.32 Å². The van der Waals surface area contributed by atoms with Crippen molar-refractivity contribution in [1.29, 1.82) is 0 Å². The zero-order valence-corrected chi connectivity index (χ0v) is 12.2. The Morgan fingerprint density at radius 2 is 2.11 bits per heavy atom. The molecule has 0 fully saturated rings. The molecule has 2 rings (SSSR count). The second-order valence-electron chi connectivity index (χ2n) is 5.04. The quantitative estimate of drug-likeness (QED) is 0.881. The van der Waals surface area contributed by atoms with Crippen molar-refractivity contribution in [3.63, 3.8) is 0 Å². The molecule has 0 atom stereocenters. The molecule has 0 amide bonds. The number of halogens is 2. The number of anilines is 1. The minimum atomic E-state index is -0.293. The zero-order chi connectivity index (χ0) is 14.0. The van der Waals surface area contributed by atoms with E-state index in [1.165, 1.54) is 6.07 Å². The predicted octanol–water partition coefficient (Wildman–Crippen LogP) is 4.66. The molecular formula is C15H18ClFN2. The first-order chi connectivity index (χ1) is 9.02. The smallest absolute Gasteiger partial charge is 0.134 e. The molecule has 2 nitrogen and oxygen atoms in total. The summed E-state index contributed by atoms with van der Waals surface area (Å²) >= 11 is 6.15. The molecule has 0 saturated heterocycles. The maximum atomic E-state index is 14.0. The van der Waals surface area contributed by atoms with E-state index in [0.29, 0.717) is 21.8 Å². The van der Waals surface area contributed by atoms with Crippen LogP contribution in [0.15, 0.2) is 18.2 Å². The van der Waals surface area contributed by atoms with Crippen molar-refractivity contribution in [2.24, 2.45) is 5.92 Å². The summed E-state index contributed by atoms with van der Waals surface area (Å²) < 4.78 is 14.0. The maximum absolute atomic E-state index is 14.0. The highest BCUT2D eigenvalue weighted by Gasteiger charge is 2.13. The van der Waals surface area contributed by atoms with Gasteiger partial charge in [-0.15, -0.1) is 0 Å². The Balaban J connectivity index is 2.68.